The fourth-order valence-corrected chi connectivity index (χ4v) is 3.93. The predicted octanol–water partition coefficient (Wildman–Crippen LogP) is 5.52. The van der Waals surface area contributed by atoms with Crippen molar-refractivity contribution in [2.45, 2.75) is 6.92 Å². The van der Waals surface area contributed by atoms with E-state index in [2.05, 4.69) is 10.2 Å². The highest BCUT2D eigenvalue weighted by Crippen LogP contribution is 2.35. The van der Waals surface area contributed by atoms with E-state index in [-0.39, 0.29) is 12.4 Å². The number of hydrogen-bond acceptors (Lipinski definition) is 6. The normalized spacial score (nSPS) is 13.6. The largest absolute Gasteiger partial charge is 0.462 e. The molecule has 1 aliphatic rings. The number of nitrogens with zero attached hydrogens (tertiary/aromatic N) is 1. The van der Waals surface area contributed by atoms with E-state index in [1.54, 1.807) is 55.5 Å². The molecule has 2 heterocycles. The second kappa shape index (κ2) is 10.3. The lowest BCUT2D eigenvalue weighted by atomic mass is 10.1. The average molecular weight is 489 g/mol. The summed E-state index contributed by atoms with van der Waals surface area (Å²) in [5.41, 5.74) is 2.19. The van der Waals surface area contributed by atoms with Gasteiger partial charge in [-0.2, -0.15) is 0 Å². The Morgan fingerprint density at radius 1 is 1.09 bits per heavy atom. The number of esters is 1. The highest BCUT2D eigenvalue weighted by Gasteiger charge is 2.21. The second-order valence-electron chi connectivity index (χ2n) is 7.27. The van der Waals surface area contributed by atoms with Crippen LogP contribution in [0.3, 0.4) is 0 Å². The van der Waals surface area contributed by atoms with Crippen molar-refractivity contribution >= 4 is 46.5 Å². The zero-order valence-corrected chi connectivity index (χ0v) is 19.4. The number of carbonyl (C=O) groups is 2. The van der Waals surface area contributed by atoms with Crippen molar-refractivity contribution < 1.29 is 23.5 Å². The van der Waals surface area contributed by atoms with E-state index < -0.39 is 11.9 Å². The number of halogens is 2. The molecule has 0 atom stereocenters. The number of morpholine rings is 1. The Balaban J connectivity index is 1.62. The van der Waals surface area contributed by atoms with Gasteiger partial charge in [0.15, 0.2) is 5.76 Å². The van der Waals surface area contributed by atoms with E-state index >= 15 is 0 Å². The first-order valence-electron chi connectivity index (χ1n) is 10.5. The van der Waals surface area contributed by atoms with Crippen LogP contribution >= 0.6 is 23.2 Å². The lowest BCUT2D eigenvalue weighted by molar-refractivity contribution is 0.0526. The maximum Gasteiger partial charge on any atom is 0.338 e. The number of hydrogen-bond donors (Lipinski definition) is 1. The van der Waals surface area contributed by atoms with Crippen molar-refractivity contribution in [1.29, 1.82) is 0 Å². The molecule has 1 fully saturated rings. The number of benzene rings is 2. The quantitative estimate of drug-likeness (QED) is 0.460. The first kappa shape index (κ1) is 23.2. The molecular formula is C24H22Cl2N2O5. The molecule has 1 saturated heterocycles. The molecule has 1 aromatic heterocycles. The van der Waals surface area contributed by atoms with Gasteiger partial charge in [-0.3, -0.25) is 4.79 Å². The van der Waals surface area contributed by atoms with E-state index in [1.165, 1.54) is 0 Å². The Labute approximate surface area is 201 Å². The zero-order chi connectivity index (χ0) is 23.4. The van der Waals surface area contributed by atoms with Crippen LogP contribution in [0.2, 0.25) is 10.0 Å². The molecule has 9 heteroatoms. The minimum Gasteiger partial charge on any atom is -0.462 e. The molecule has 0 aliphatic carbocycles. The van der Waals surface area contributed by atoms with Gasteiger partial charge in [0.25, 0.3) is 5.91 Å². The van der Waals surface area contributed by atoms with Gasteiger partial charge >= 0.3 is 5.97 Å². The minimum atomic E-state index is -0.463. The summed E-state index contributed by atoms with van der Waals surface area (Å²) in [6.07, 6.45) is 0. The van der Waals surface area contributed by atoms with E-state index in [4.69, 9.17) is 37.1 Å². The summed E-state index contributed by atoms with van der Waals surface area (Å²) in [6.45, 7) is 4.49. The minimum absolute atomic E-state index is 0.0931. The molecule has 4 rings (SSSR count). The summed E-state index contributed by atoms with van der Waals surface area (Å²) < 4.78 is 16.3. The van der Waals surface area contributed by atoms with Crippen LogP contribution in [0.25, 0.3) is 11.3 Å². The van der Waals surface area contributed by atoms with Crippen molar-refractivity contribution in [1.82, 2.24) is 0 Å². The maximum atomic E-state index is 13.0. The van der Waals surface area contributed by atoms with Gasteiger partial charge in [0.05, 0.1) is 46.8 Å². The van der Waals surface area contributed by atoms with Gasteiger partial charge in [0.1, 0.15) is 5.76 Å². The summed E-state index contributed by atoms with van der Waals surface area (Å²) in [5.74, 6) is -0.413. The monoisotopic (exact) mass is 488 g/mol. The highest BCUT2D eigenvalue weighted by molar-refractivity contribution is 6.43. The Morgan fingerprint density at radius 2 is 1.88 bits per heavy atom. The molecule has 0 saturated carbocycles. The third-order valence-electron chi connectivity index (χ3n) is 5.15. The highest BCUT2D eigenvalue weighted by atomic mass is 35.5. The summed E-state index contributed by atoms with van der Waals surface area (Å²) >= 11 is 12.4. The Morgan fingerprint density at radius 3 is 2.64 bits per heavy atom. The summed E-state index contributed by atoms with van der Waals surface area (Å²) in [5, 5.41) is 3.61. The van der Waals surface area contributed by atoms with Gasteiger partial charge in [-0.1, -0.05) is 29.3 Å². The Hall–Kier alpha value is -3.00. The molecule has 3 aromatic rings. The van der Waals surface area contributed by atoms with Crippen molar-refractivity contribution in [3.05, 3.63) is 69.9 Å². The van der Waals surface area contributed by atoms with Crippen molar-refractivity contribution in [2.24, 2.45) is 0 Å². The molecule has 0 radical (unpaired) electrons. The number of amides is 1. The number of carbonyl (C=O) groups excluding carboxylic acids is 2. The van der Waals surface area contributed by atoms with Gasteiger partial charge in [-0.15, -0.1) is 0 Å². The molecule has 1 N–H and O–H groups in total. The molecule has 172 valence electrons. The SMILES string of the molecule is CCOC(=O)c1ccc(N2CCOCC2)c(NC(=O)c2ccc(-c3cccc(Cl)c3Cl)o2)c1. The molecule has 2 aromatic carbocycles. The Bertz CT molecular complexity index is 1170. The van der Waals surface area contributed by atoms with E-state index in [1.807, 2.05) is 0 Å². The predicted molar refractivity (Wildman–Crippen MR) is 128 cm³/mol. The van der Waals surface area contributed by atoms with Crippen LogP contribution in [0, 0.1) is 0 Å². The second-order valence-corrected chi connectivity index (χ2v) is 8.06. The lowest BCUT2D eigenvalue weighted by Gasteiger charge is -2.30. The number of ether oxygens (including phenoxy) is 2. The van der Waals surface area contributed by atoms with Crippen LogP contribution in [0.15, 0.2) is 52.9 Å². The molecule has 1 amide bonds. The lowest BCUT2D eigenvalue weighted by Crippen LogP contribution is -2.36. The van der Waals surface area contributed by atoms with Crippen LogP contribution in [-0.2, 0) is 9.47 Å². The third kappa shape index (κ3) is 5.16. The van der Waals surface area contributed by atoms with Crippen molar-refractivity contribution in [2.75, 3.05) is 43.1 Å². The van der Waals surface area contributed by atoms with E-state index in [0.717, 1.165) is 5.69 Å². The van der Waals surface area contributed by atoms with Crippen LogP contribution in [0.4, 0.5) is 11.4 Å². The van der Waals surface area contributed by atoms with Crippen LogP contribution in [-0.4, -0.2) is 44.8 Å². The number of nitrogens with one attached hydrogen (secondary N) is 1. The van der Waals surface area contributed by atoms with Gasteiger partial charge < -0.3 is 24.1 Å². The fraction of sp³-hybridized carbons (Fsp3) is 0.250. The standard InChI is InChI=1S/C24H22Cl2N2O5/c1-2-32-24(30)15-6-7-19(28-10-12-31-13-11-28)18(14-15)27-23(29)21-9-8-20(33-21)16-4-3-5-17(25)22(16)26/h3-9,14H,2,10-13H2,1H3,(H,27,29). The molecule has 7 nitrogen and oxygen atoms in total. The number of anilines is 2. The van der Waals surface area contributed by atoms with Crippen LogP contribution < -0.4 is 10.2 Å². The molecular weight excluding hydrogens is 467 g/mol. The van der Waals surface area contributed by atoms with Gasteiger partial charge in [0, 0.05) is 18.7 Å². The molecule has 0 spiro atoms. The first-order valence-corrected chi connectivity index (χ1v) is 11.2. The van der Waals surface area contributed by atoms with Crippen molar-refractivity contribution in [3.63, 3.8) is 0 Å². The smallest absolute Gasteiger partial charge is 0.338 e. The summed E-state index contributed by atoms with van der Waals surface area (Å²) in [4.78, 5) is 27.4. The molecule has 1 aliphatic heterocycles. The fourth-order valence-electron chi connectivity index (χ4n) is 3.54. The molecule has 33 heavy (non-hydrogen) atoms. The first-order chi connectivity index (χ1) is 16.0. The molecule has 0 bridgehead atoms. The zero-order valence-electron chi connectivity index (χ0n) is 17.9. The number of rotatable bonds is 6. The topological polar surface area (TPSA) is 81.0 Å². The molecule has 0 unspecified atom stereocenters. The van der Waals surface area contributed by atoms with Gasteiger partial charge in [0.2, 0.25) is 0 Å². The summed E-state index contributed by atoms with van der Waals surface area (Å²) in [6, 6.07) is 13.5. The van der Waals surface area contributed by atoms with E-state index in [0.29, 0.717) is 58.9 Å². The van der Waals surface area contributed by atoms with Gasteiger partial charge in [-0.25, -0.2) is 4.79 Å². The average Bonchev–Trinajstić information content (AvgIpc) is 3.32. The van der Waals surface area contributed by atoms with Gasteiger partial charge in [-0.05, 0) is 49.4 Å². The van der Waals surface area contributed by atoms with E-state index in [9.17, 15) is 9.59 Å². The number of furan rings is 1. The Kier molecular flexibility index (Phi) is 7.23. The maximum absolute atomic E-state index is 13.0. The van der Waals surface area contributed by atoms with Crippen LogP contribution in [0.1, 0.15) is 27.8 Å². The van der Waals surface area contributed by atoms with Crippen LogP contribution in [0.5, 0.6) is 0 Å². The van der Waals surface area contributed by atoms with Crippen molar-refractivity contribution in [3.8, 4) is 11.3 Å². The third-order valence-corrected chi connectivity index (χ3v) is 5.97. The summed E-state index contributed by atoms with van der Waals surface area (Å²) in [7, 11) is 0.